The number of nitrogens with zero attached hydrogens (tertiary/aromatic N) is 1. The fourth-order valence-corrected chi connectivity index (χ4v) is 2.82. The lowest BCUT2D eigenvalue weighted by Gasteiger charge is -2.29. The fourth-order valence-electron chi connectivity index (χ4n) is 2.61. The third-order valence-corrected chi connectivity index (χ3v) is 4.19. The van der Waals surface area contributed by atoms with Gasteiger partial charge in [-0.25, -0.2) is 0 Å². The van der Waals surface area contributed by atoms with E-state index < -0.39 is 6.04 Å². The average molecular weight is 359 g/mol. The van der Waals surface area contributed by atoms with Gasteiger partial charge in [0.15, 0.2) is 0 Å². The minimum Gasteiger partial charge on any atom is -0.355 e. The van der Waals surface area contributed by atoms with Gasteiger partial charge in [0.1, 0.15) is 6.04 Å². The molecule has 0 unspecified atom stereocenters. The molecular formula is C20H23ClN2O2. The van der Waals surface area contributed by atoms with Gasteiger partial charge in [0.05, 0.1) is 6.42 Å². The van der Waals surface area contributed by atoms with Crippen molar-refractivity contribution in [2.75, 3.05) is 6.54 Å². The summed E-state index contributed by atoms with van der Waals surface area (Å²) in [4.78, 5) is 26.7. The van der Waals surface area contributed by atoms with Crippen molar-refractivity contribution in [3.63, 3.8) is 0 Å². The van der Waals surface area contributed by atoms with Crippen LogP contribution < -0.4 is 5.32 Å². The lowest BCUT2D eigenvalue weighted by molar-refractivity contribution is -0.140. The Morgan fingerprint density at radius 1 is 1.08 bits per heavy atom. The van der Waals surface area contributed by atoms with E-state index >= 15 is 0 Å². The van der Waals surface area contributed by atoms with Crippen molar-refractivity contribution in [3.8, 4) is 0 Å². The minimum atomic E-state index is -0.560. The molecule has 132 valence electrons. The molecule has 0 saturated heterocycles. The Morgan fingerprint density at radius 2 is 1.76 bits per heavy atom. The monoisotopic (exact) mass is 358 g/mol. The summed E-state index contributed by atoms with van der Waals surface area (Å²) in [5.41, 5.74) is 1.82. The summed E-state index contributed by atoms with van der Waals surface area (Å²) in [5.74, 6) is -0.254. The smallest absolute Gasteiger partial charge is 0.242 e. The van der Waals surface area contributed by atoms with Crippen molar-refractivity contribution < 1.29 is 9.59 Å². The first-order valence-electron chi connectivity index (χ1n) is 8.36. The molecule has 5 heteroatoms. The number of nitrogens with one attached hydrogen (secondary N) is 1. The van der Waals surface area contributed by atoms with Crippen LogP contribution in [0, 0.1) is 0 Å². The van der Waals surface area contributed by atoms with Crippen LogP contribution in [0.15, 0.2) is 54.6 Å². The molecular weight excluding hydrogens is 336 g/mol. The lowest BCUT2D eigenvalue weighted by atomic mass is 10.1. The first kappa shape index (κ1) is 19.0. The maximum absolute atomic E-state index is 12.9. The highest BCUT2D eigenvalue weighted by Crippen LogP contribution is 2.16. The van der Waals surface area contributed by atoms with Crippen molar-refractivity contribution in [2.45, 2.75) is 32.9 Å². The molecule has 1 atom stereocenters. The van der Waals surface area contributed by atoms with E-state index in [2.05, 4.69) is 5.32 Å². The zero-order chi connectivity index (χ0) is 18.2. The Bertz CT molecular complexity index is 719. The van der Waals surface area contributed by atoms with Crippen LogP contribution in [0.1, 0.15) is 25.0 Å². The Kier molecular flexibility index (Phi) is 7.02. The number of likely N-dealkylation sites (N-methyl/N-ethyl adjacent to an activating group) is 1. The standard InChI is InChI=1S/C20H23ClN2O2/c1-3-22-20(25)15(2)23(14-17-10-7-11-18(21)12-17)19(24)13-16-8-5-4-6-9-16/h4-12,15H,3,13-14H2,1-2H3,(H,22,25)/t15-/m0/s1. The summed E-state index contributed by atoms with van der Waals surface area (Å²) in [5, 5.41) is 3.39. The van der Waals surface area contributed by atoms with Crippen LogP contribution in [-0.4, -0.2) is 29.3 Å². The summed E-state index contributed by atoms with van der Waals surface area (Å²) >= 11 is 6.05. The number of hydrogen-bond acceptors (Lipinski definition) is 2. The lowest BCUT2D eigenvalue weighted by Crippen LogP contribution is -2.48. The van der Waals surface area contributed by atoms with E-state index in [0.29, 0.717) is 18.1 Å². The summed E-state index contributed by atoms with van der Waals surface area (Å²) < 4.78 is 0. The number of hydrogen-bond donors (Lipinski definition) is 1. The highest BCUT2D eigenvalue weighted by molar-refractivity contribution is 6.30. The Hall–Kier alpha value is -2.33. The van der Waals surface area contributed by atoms with Crippen LogP contribution in [-0.2, 0) is 22.6 Å². The van der Waals surface area contributed by atoms with E-state index in [1.54, 1.807) is 17.9 Å². The summed E-state index contributed by atoms with van der Waals surface area (Å²) in [7, 11) is 0. The van der Waals surface area contributed by atoms with Gasteiger partial charge in [-0.15, -0.1) is 0 Å². The summed E-state index contributed by atoms with van der Waals surface area (Å²) in [6, 6.07) is 16.3. The number of carbonyl (C=O) groups is 2. The zero-order valence-corrected chi connectivity index (χ0v) is 15.3. The van der Waals surface area contributed by atoms with E-state index in [1.807, 2.05) is 55.5 Å². The normalized spacial score (nSPS) is 11.6. The average Bonchev–Trinajstić information content (AvgIpc) is 2.60. The largest absolute Gasteiger partial charge is 0.355 e. The molecule has 2 rings (SSSR count). The molecule has 4 nitrogen and oxygen atoms in total. The second-order valence-corrected chi connectivity index (χ2v) is 6.32. The third-order valence-electron chi connectivity index (χ3n) is 3.96. The van der Waals surface area contributed by atoms with Crippen molar-refractivity contribution >= 4 is 23.4 Å². The van der Waals surface area contributed by atoms with Gasteiger partial charge < -0.3 is 10.2 Å². The van der Waals surface area contributed by atoms with E-state index in [0.717, 1.165) is 11.1 Å². The molecule has 0 radical (unpaired) electrons. The van der Waals surface area contributed by atoms with Gasteiger partial charge in [0.25, 0.3) is 0 Å². The van der Waals surface area contributed by atoms with Gasteiger partial charge in [0.2, 0.25) is 11.8 Å². The van der Waals surface area contributed by atoms with E-state index in [-0.39, 0.29) is 18.2 Å². The summed E-state index contributed by atoms with van der Waals surface area (Å²) in [6.45, 7) is 4.47. The van der Waals surface area contributed by atoms with Crippen molar-refractivity contribution in [1.29, 1.82) is 0 Å². The molecule has 0 aliphatic heterocycles. The predicted octanol–water partition coefficient (Wildman–Crippen LogP) is 3.44. The minimum absolute atomic E-state index is 0.0927. The van der Waals surface area contributed by atoms with Gasteiger partial charge in [-0.1, -0.05) is 54.1 Å². The maximum atomic E-state index is 12.9. The van der Waals surface area contributed by atoms with Gasteiger partial charge >= 0.3 is 0 Å². The second-order valence-electron chi connectivity index (χ2n) is 5.88. The van der Waals surface area contributed by atoms with Crippen LogP contribution >= 0.6 is 11.6 Å². The van der Waals surface area contributed by atoms with Crippen LogP contribution in [0.5, 0.6) is 0 Å². The molecule has 1 N–H and O–H groups in total. The zero-order valence-electron chi connectivity index (χ0n) is 14.5. The van der Waals surface area contributed by atoms with Crippen LogP contribution in [0.4, 0.5) is 0 Å². The van der Waals surface area contributed by atoms with E-state index in [9.17, 15) is 9.59 Å². The topological polar surface area (TPSA) is 49.4 Å². The Balaban J connectivity index is 2.21. The molecule has 0 fully saturated rings. The molecule has 0 aliphatic rings. The second kappa shape index (κ2) is 9.23. The van der Waals surface area contributed by atoms with Crippen molar-refractivity contribution in [1.82, 2.24) is 10.2 Å². The number of benzene rings is 2. The predicted molar refractivity (Wildman–Crippen MR) is 100 cm³/mol. The number of amides is 2. The molecule has 2 aromatic carbocycles. The molecule has 0 saturated carbocycles. The van der Waals surface area contributed by atoms with Crippen molar-refractivity contribution in [3.05, 3.63) is 70.7 Å². The van der Waals surface area contributed by atoms with Gasteiger partial charge in [-0.05, 0) is 37.1 Å². The van der Waals surface area contributed by atoms with Gasteiger partial charge in [-0.2, -0.15) is 0 Å². The highest BCUT2D eigenvalue weighted by Gasteiger charge is 2.25. The first-order chi connectivity index (χ1) is 12.0. The molecule has 25 heavy (non-hydrogen) atoms. The molecule has 0 bridgehead atoms. The molecule has 0 aromatic heterocycles. The highest BCUT2D eigenvalue weighted by atomic mass is 35.5. The molecule has 0 aliphatic carbocycles. The molecule has 0 heterocycles. The number of halogens is 1. The Labute approximate surface area is 153 Å². The van der Waals surface area contributed by atoms with Gasteiger partial charge in [0, 0.05) is 18.1 Å². The summed E-state index contributed by atoms with van der Waals surface area (Å²) in [6.07, 6.45) is 0.255. The van der Waals surface area contributed by atoms with Crippen LogP contribution in [0.2, 0.25) is 5.02 Å². The van der Waals surface area contributed by atoms with Gasteiger partial charge in [-0.3, -0.25) is 9.59 Å². The third kappa shape index (κ3) is 5.61. The van der Waals surface area contributed by atoms with Crippen LogP contribution in [0.3, 0.4) is 0 Å². The maximum Gasteiger partial charge on any atom is 0.242 e. The van der Waals surface area contributed by atoms with Crippen LogP contribution in [0.25, 0.3) is 0 Å². The fraction of sp³-hybridized carbons (Fsp3) is 0.300. The molecule has 0 spiro atoms. The first-order valence-corrected chi connectivity index (χ1v) is 8.74. The van der Waals surface area contributed by atoms with E-state index in [1.165, 1.54) is 0 Å². The Morgan fingerprint density at radius 3 is 2.40 bits per heavy atom. The quantitative estimate of drug-likeness (QED) is 0.824. The van der Waals surface area contributed by atoms with E-state index in [4.69, 9.17) is 11.6 Å². The SMILES string of the molecule is CCNC(=O)[C@H](C)N(Cc1cccc(Cl)c1)C(=O)Cc1ccccc1. The number of carbonyl (C=O) groups excluding carboxylic acids is 2. The molecule has 2 aromatic rings. The molecule has 2 amide bonds. The van der Waals surface area contributed by atoms with Crippen molar-refractivity contribution in [2.24, 2.45) is 0 Å². The number of rotatable bonds is 7.